The highest BCUT2D eigenvalue weighted by molar-refractivity contribution is 5.97. The van der Waals surface area contributed by atoms with Crippen molar-refractivity contribution in [2.75, 3.05) is 13.2 Å². The molecule has 2 heterocycles. The largest absolute Gasteiger partial charge is 0.492 e. The third-order valence-corrected chi connectivity index (χ3v) is 3.40. The second-order valence-corrected chi connectivity index (χ2v) is 5.01. The number of nitrogens with zero attached hydrogens (tertiary/aromatic N) is 3. The number of amides is 1. The van der Waals surface area contributed by atoms with Crippen LogP contribution in [0.15, 0.2) is 61.1 Å². The zero-order chi connectivity index (χ0) is 16.1. The predicted octanol–water partition coefficient (Wildman–Crippen LogP) is 2.02. The van der Waals surface area contributed by atoms with Crippen LogP contribution in [0.25, 0.3) is 5.82 Å². The molecule has 0 bridgehead atoms. The van der Waals surface area contributed by atoms with E-state index in [9.17, 15) is 4.79 Å². The lowest BCUT2D eigenvalue weighted by Gasteiger charge is -2.09. The lowest BCUT2D eigenvalue weighted by Crippen LogP contribution is -2.28. The predicted molar refractivity (Wildman–Crippen MR) is 86.8 cm³/mol. The smallest absolute Gasteiger partial charge is 0.256 e. The molecule has 2 aromatic heterocycles. The molecule has 1 N–H and O–H groups in total. The molecule has 0 aliphatic carbocycles. The minimum atomic E-state index is -0.168. The van der Waals surface area contributed by atoms with Crippen molar-refractivity contribution in [1.29, 1.82) is 0 Å². The van der Waals surface area contributed by atoms with Crippen LogP contribution < -0.4 is 10.1 Å². The molecule has 118 valence electrons. The van der Waals surface area contributed by atoms with Crippen LogP contribution in [0.2, 0.25) is 0 Å². The van der Waals surface area contributed by atoms with Gasteiger partial charge in [0.1, 0.15) is 23.7 Å². The Morgan fingerprint density at radius 3 is 2.65 bits per heavy atom. The van der Waals surface area contributed by atoms with E-state index >= 15 is 0 Å². The van der Waals surface area contributed by atoms with Gasteiger partial charge in [0.15, 0.2) is 0 Å². The highest BCUT2D eigenvalue weighted by Gasteiger charge is 2.16. The summed E-state index contributed by atoms with van der Waals surface area (Å²) in [4.78, 5) is 12.4. The average molecular weight is 310 g/mol. The summed E-state index contributed by atoms with van der Waals surface area (Å²) in [6, 6.07) is 13.3. The Bertz CT molecular complexity index is 763. The molecule has 0 aliphatic rings. The van der Waals surface area contributed by atoms with Crippen molar-refractivity contribution in [3.63, 3.8) is 0 Å². The number of hydrogen-bond acceptors (Lipinski definition) is 3. The normalized spacial score (nSPS) is 10.5. The number of aromatic nitrogens is 3. The van der Waals surface area contributed by atoms with Gasteiger partial charge in [-0.15, -0.1) is 0 Å². The molecule has 6 nitrogen and oxygen atoms in total. The maximum atomic E-state index is 12.4. The topological polar surface area (TPSA) is 61.1 Å². The van der Waals surface area contributed by atoms with Gasteiger partial charge in [0, 0.05) is 19.4 Å². The van der Waals surface area contributed by atoms with E-state index in [4.69, 9.17) is 4.74 Å². The lowest BCUT2D eigenvalue weighted by molar-refractivity contribution is 0.0947. The summed E-state index contributed by atoms with van der Waals surface area (Å²) < 4.78 is 9.10. The van der Waals surface area contributed by atoms with E-state index in [1.807, 2.05) is 66.5 Å². The minimum Gasteiger partial charge on any atom is -0.492 e. The van der Waals surface area contributed by atoms with E-state index in [0.717, 1.165) is 11.6 Å². The Kier molecular flexibility index (Phi) is 4.42. The number of nitrogens with one attached hydrogen (secondary N) is 1. The van der Waals surface area contributed by atoms with E-state index in [1.54, 1.807) is 10.9 Å². The Labute approximate surface area is 134 Å². The molecule has 0 atom stereocenters. The van der Waals surface area contributed by atoms with Gasteiger partial charge in [0.05, 0.1) is 12.7 Å². The van der Waals surface area contributed by atoms with Crippen LogP contribution in [0.4, 0.5) is 0 Å². The van der Waals surface area contributed by atoms with Crippen molar-refractivity contribution in [3.8, 4) is 11.6 Å². The minimum absolute atomic E-state index is 0.168. The van der Waals surface area contributed by atoms with Gasteiger partial charge in [-0.25, -0.2) is 0 Å². The fourth-order valence-electron chi connectivity index (χ4n) is 2.32. The molecular weight excluding hydrogens is 292 g/mol. The number of aryl methyl sites for hydroxylation is 1. The highest BCUT2D eigenvalue weighted by Crippen LogP contribution is 2.13. The van der Waals surface area contributed by atoms with E-state index in [1.165, 1.54) is 0 Å². The molecule has 0 saturated carbocycles. The number of carbonyl (C=O) groups excluding carboxylic acids is 1. The second kappa shape index (κ2) is 6.83. The van der Waals surface area contributed by atoms with Crippen molar-refractivity contribution in [2.24, 2.45) is 7.05 Å². The number of carbonyl (C=O) groups is 1. The van der Waals surface area contributed by atoms with Crippen molar-refractivity contribution >= 4 is 5.91 Å². The van der Waals surface area contributed by atoms with Gasteiger partial charge in [-0.3, -0.25) is 9.48 Å². The van der Waals surface area contributed by atoms with E-state index in [0.29, 0.717) is 18.7 Å². The standard InChI is InChI=1S/C17H18N4O2/c1-20-17(21-10-5-6-11-21)15(13-19-20)16(22)18-9-12-23-14-7-3-2-4-8-14/h2-8,10-11,13H,9,12H2,1H3,(H,18,22). The summed E-state index contributed by atoms with van der Waals surface area (Å²) in [6.07, 6.45) is 5.33. The van der Waals surface area contributed by atoms with Gasteiger partial charge in [-0.2, -0.15) is 5.10 Å². The van der Waals surface area contributed by atoms with Crippen molar-refractivity contribution in [3.05, 3.63) is 66.6 Å². The van der Waals surface area contributed by atoms with Gasteiger partial charge in [0.2, 0.25) is 0 Å². The molecule has 0 radical (unpaired) electrons. The van der Waals surface area contributed by atoms with Gasteiger partial charge in [-0.05, 0) is 24.3 Å². The number of hydrogen-bond donors (Lipinski definition) is 1. The molecule has 3 aromatic rings. The van der Waals surface area contributed by atoms with Gasteiger partial charge in [0.25, 0.3) is 5.91 Å². The fraction of sp³-hybridized carbons (Fsp3) is 0.176. The lowest BCUT2D eigenvalue weighted by atomic mass is 10.3. The average Bonchev–Trinajstić information content (AvgIpc) is 3.21. The maximum absolute atomic E-state index is 12.4. The van der Waals surface area contributed by atoms with Crippen LogP contribution in [0.3, 0.4) is 0 Å². The summed E-state index contributed by atoms with van der Waals surface area (Å²) in [5.41, 5.74) is 0.531. The fourth-order valence-corrected chi connectivity index (χ4v) is 2.32. The number of para-hydroxylation sites is 1. The Balaban J connectivity index is 1.59. The van der Waals surface area contributed by atoms with Crippen LogP contribution >= 0.6 is 0 Å². The Morgan fingerprint density at radius 2 is 1.91 bits per heavy atom. The van der Waals surface area contributed by atoms with Crippen molar-refractivity contribution in [2.45, 2.75) is 0 Å². The third-order valence-electron chi connectivity index (χ3n) is 3.40. The molecule has 6 heteroatoms. The summed E-state index contributed by atoms with van der Waals surface area (Å²) in [6.45, 7) is 0.836. The summed E-state index contributed by atoms with van der Waals surface area (Å²) in [7, 11) is 1.81. The van der Waals surface area contributed by atoms with Crippen LogP contribution in [0, 0.1) is 0 Å². The number of ether oxygens (including phenoxy) is 1. The first-order valence-electron chi connectivity index (χ1n) is 7.37. The SMILES string of the molecule is Cn1ncc(C(=O)NCCOc2ccccc2)c1-n1cccc1. The zero-order valence-corrected chi connectivity index (χ0v) is 12.8. The van der Waals surface area contributed by atoms with Gasteiger partial charge < -0.3 is 14.6 Å². The van der Waals surface area contributed by atoms with Crippen LogP contribution in [0.1, 0.15) is 10.4 Å². The first-order valence-corrected chi connectivity index (χ1v) is 7.37. The first kappa shape index (κ1) is 14.9. The zero-order valence-electron chi connectivity index (χ0n) is 12.8. The van der Waals surface area contributed by atoms with E-state index in [2.05, 4.69) is 10.4 Å². The summed E-state index contributed by atoms with van der Waals surface area (Å²) in [5.74, 6) is 1.35. The second-order valence-electron chi connectivity index (χ2n) is 5.01. The number of benzene rings is 1. The summed E-state index contributed by atoms with van der Waals surface area (Å²) >= 11 is 0. The quantitative estimate of drug-likeness (QED) is 0.709. The van der Waals surface area contributed by atoms with Crippen LogP contribution in [-0.4, -0.2) is 33.4 Å². The first-order chi connectivity index (χ1) is 11.3. The molecular formula is C17H18N4O2. The molecule has 0 spiro atoms. The third kappa shape index (κ3) is 3.42. The molecule has 0 fully saturated rings. The van der Waals surface area contributed by atoms with Crippen LogP contribution in [0.5, 0.6) is 5.75 Å². The summed E-state index contributed by atoms with van der Waals surface area (Å²) in [5, 5.41) is 7.03. The molecule has 1 aromatic carbocycles. The Hall–Kier alpha value is -3.02. The molecule has 1 amide bonds. The van der Waals surface area contributed by atoms with Crippen molar-refractivity contribution < 1.29 is 9.53 Å². The van der Waals surface area contributed by atoms with Crippen molar-refractivity contribution in [1.82, 2.24) is 19.7 Å². The highest BCUT2D eigenvalue weighted by atomic mass is 16.5. The van der Waals surface area contributed by atoms with E-state index in [-0.39, 0.29) is 5.91 Å². The maximum Gasteiger partial charge on any atom is 0.256 e. The van der Waals surface area contributed by atoms with Gasteiger partial charge >= 0.3 is 0 Å². The van der Waals surface area contributed by atoms with Crippen LogP contribution in [-0.2, 0) is 7.05 Å². The molecule has 3 rings (SSSR count). The molecule has 23 heavy (non-hydrogen) atoms. The number of rotatable bonds is 6. The Morgan fingerprint density at radius 1 is 1.17 bits per heavy atom. The monoisotopic (exact) mass is 310 g/mol. The molecule has 0 unspecified atom stereocenters. The molecule has 0 aliphatic heterocycles. The van der Waals surface area contributed by atoms with Gasteiger partial charge in [-0.1, -0.05) is 18.2 Å². The molecule has 0 saturated heterocycles. The van der Waals surface area contributed by atoms with E-state index < -0.39 is 0 Å².